The van der Waals surface area contributed by atoms with E-state index in [1.807, 2.05) is 0 Å². The van der Waals surface area contributed by atoms with Crippen molar-refractivity contribution in [2.45, 2.75) is 12.8 Å². The zero-order chi connectivity index (χ0) is 19.3. The molecule has 0 aliphatic heterocycles. The van der Waals surface area contributed by atoms with E-state index < -0.39 is 23.5 Å². The molecular weight excluding hydrogens is 354 g/mol. The lowest BCUT2D eigenvalue weighted by Crippen LogP contribution is -2.09. The van der Waals surface area contributed by atoms with Crippen LogP contribution in [0.25, 0.3) is 6.08 Å². The van der Waals surface area contributed by atoms with Crippen LogP contribution in [0.3, 0.4) is 0 Å². The minimum absolute atomic E-state index is 0.151. The number of methoxy groups -OCH3 is 1. The fourth-order valence-electron chi connectivity index (χ4n) is 2.13. The Kier molecular flexibility index (Phi) is 5.86. The third-order valence-corrected chi connectivity index (χ3v) is 3.36. The van der Waals surface area contributed by atoms with Crippen molar-refractivity contribution in [1.82, 2.24) is 0 Å². The standard InChI is InChI=1S/C18H15F4NO3/c1-25-16-9-11(4-7-17(23)24)3-6-15(16)26-10-12-2-5-14(19)13(8-12)18(20,21)22/h2-9H,10H2,1H3,(H2,23,24)/b7-4+. The average molecular weight is 369 g/mol. The highest BCUT2D eigenvalue weighted by Gasteiger charge is 2.34. The van der Waals surface area contributed by atoms with E-state index in [-0.39, 0.29) is 17.9 Å². The number of carbonyl (C=O) groups is 1. The topological polar surface area (TPSA) is 61.5 Å². The lowest BCUT2D eigenvalue weighted by atomic mass is 10.1. The summed E-state index contributed by atoms with van der Waals surface area (Å²) >= 11 is 0. The van der Waals surface area contributed by atoms with Crippen molar-refractivity contribution >= 4 is 12.0 Å². The van der Waals surface area contributed by atoms with E-state index in [0.717, 1.165) is 6.07 Å². The Morgan fingerprint density at radius 1 is 1.15 bits per heavy atom. The predicted molar refractivity (Wildman–Crippen MR) is 87.0 cm³/mol. The number of carbonyl (C=O) groups excluding carboxylic acids is 1. The van der Waals surface area contributed by atoms with Gasteiger partial charge in [0.2, 0.25) is 5.91 Å². The van der Waals surface area contributed by atoms with Crippen LogP contribution >= 0.6 is 0 Å². The molecule has 0 spiro atoms. The van der Waals surface area contributed by atoms with Gasteiger partial charge in [0.05, 0.1) is 12.7 Å². The molecule has 0 unspecified atom stereocenters. The quantitative estimate of drug-likeness (QED) is 0.620. The summed E-state index contributed by atoms with van der Waals surface area (Å²) in [7, 11) is 1.39. The third-order valence-electron chi connectivity index (χ3n) is 3.36. The first-order valence-corrected chi connectivity index (χ1v) is 7.34. The van der Waals surface area contributed by atoms with Crippen LogP contribution in [-0.4, -0.2) is 13.0 Å². The molecule has 0 radical (unpaired) electrons. The number of amides is 1. The third kappa shape index (κ3) is 4.98. The van der Waals surface area contributed by atoms with Crippen molar-refractivity contribution < 1.29 is 31.8 Å². The molecule has 0 saturated carbocycles. The van der Waals surface area contributed by atoms with Gasteiger partial charge in [0.25, 0.3) is 0 Å². The highest BCUT2D eigenvalue weighted by Crippen LogP contribution is 2.33. The van der Waals surface area contributed by atoms with Gasteiger partial charge < -0.3 is 15.2 Å². The van der Waals surface area contributed by atoms with Crippen LogP contribution in [-0.2, 0) is 17.6 Å². The summed E-state index contributed by atoms with van der Waals surface area (Å²) in [5.74, 6) is -1.36. The first kappa shape index (κ1) is 19.3. The van der Waals surface area contributed by atoms with Gasteiger partial charge in [-0.3, -0.25) is 4.79 Å². The second-order valence-electron chi connectivity index (χ2n) is 5.25. The number of primary amides is 1. The highest BCUT2D eigenvalue weighted by molar-refractivity contribution is 5.90. The molecule has 0 atom stereocenters. The van der Waals surface area contributed by atoms with E-state index in [1.54, 1.807) is 12.1 Å². The largest absolute Gasteiger partial charge is 0.493 e. The van der Waals surface area contributed by atoms with Crippen molar-refractivity contribution in [3.63, 3.8) is 0 Å². The minimum atomic E-state index is -4.79. The van der Waals surface area contributed by atoms with E-state index in [1.165, 1.54) is 31.4 Å². The fourth-order valence-corrected chi connectivity index (χ4v) is 2.13. The summed E-state index contributed by atoms with van der Waals surface area (Å²) < 4.78 is 62.2. The number of hydrogen-bond acceptors (Lipinski definition) is 3. The zero-order valence-electron chi connectivity index (χ0n) is 13.6. The molecular formula is C18H15F4NO3. The van der Waals surface area contributed by atoms with Crippen molar-refractivity contribution in [2.24, 2.45) is 5.73 Å². The Labute approximate surface area is 146 Å². The van der Waals surface area contributed by atoms with Gasteiger partial charge in [-0.25, -0.2) is 4.39 Å². The normalized spacial score (nSPS) is 11.6. The highest BCUT2D eigenvalue weighted by atomic mass is 19.4. The number of halogens is 4. The number of rotatable bonds is 6. The summed E-state index contributed by atoms with van der Waals surface area (Å²) in [6, 6.07) is 7.38. The van der Waals surface area contributed by atoms with E-state index in [2.05, 4.69) is 0 Å². The lowest BCUT2D eigenvalue weighted by Gasteiger charge is -2.13. The molecule has 0 saturated heterocycles. The van der Waals surface area contributed by atoms with Gasteiger partial charge in [0, 0.05) is 6.08 Å². The molecule has 138 valence electrons. The average Bonchev–Trinajstić information content (AvgIpc) is 2.58. The number of benzene rings is 2. The summed E-state index contributed by atoms with van der Waals surface area (Å²) in [6.45, 7) is -0.212. The van der Waals surface area contributed by atoms with Crippen LogP contribution in [0.15, 0.2) is 42.5 Å². The predicted octanol–water partition coefficient (Wildman–Crippen LogP) is 3.93. The Bertz CT molecular complexity index is 832. The van der Waals surface area contributed by atoms with Crippen LogP contribution in [0.5, 0.6) is 11.5 Å². The van der Waals surface area contributed by atoms with Gasteiger partial charge >= 0.3 is 6.18 Å². The van der Waals surface area contributed by atoms with Crippen LogP contribution < -0.4 is 15.2 Å². The summed E-state index contributed by atoms with van der Waals surface area (Å²) in [6.07, 6.45) is -2.14. The van der Waals surface area contributed by atoms with E-state index >= 15 is 0 Å². The monoisotopic (exact) mass is 369 g/mol. The Morgan fingerprint density at radius 3 is 2.50 bits per heavy atom. The number of alkyl halides is 3. The summed E-state index contributed by atoms with van der Waals surface area (Å²) in [4.78, 5) is 10.7. The first-order chi connectivity index (χ1) is 12.2. The maximum atomic E-state index is 13.3. The molecule has 0 aromatic heterocycles. The molecule has 0 bridgehead atoms. The first-order valence-electron chi connectivity index (χ1n) is 7.34. The molecule has 8 heteroatoms. The van der Waals surface area contributed by atoms with Crippen molar-refractivity contribution in [2.75, 3.05) is 7.11 Å². The molecule has 0 aliphatic rings. The summed E-state index contributed by atoms with van der Waals surface area (Å²) in [5, 5.41) is 0. The Hall–Kier alpha value is -3.03. The lowest BCUT2D eigenvalue weighted by molar-refractivity contribution is -0.140. The Balaban J connectivity index is 2.18. The number of ether oxygens (including phenoxy) is 2. The van der Waals surface area contributed by atoms with Gasteiger partial charge in [-0.05, 0) is 41.5 Å². The minimum Gasteiger partial charge on any atom is -0.493 e. The van der Waals surface area contributed by atoms with Crippen LogP contribution in [0.1, 0.15) is 16.7 Å². The van der Waals surface area contributed by atoms with Gasteiger partial charge in [-0.2, -0.15) is 13.2 Å². The molecule has 2 aromatic carbocycles. The maximum Gasteiger partial charge on any atom is 0.419 e. The number of nitrogens with two attached hydrogens (primary N) is 1. The van der Waals surface area contributed by atoms with Gasteiger partial charge in [0.1, 0.15) is 12.4 Å². The molecule has 0 heterocycles. The smallest absolute Gasteiger partial charge is 0.419 e. The molecule has 4 nitrogen and oxygen atoms in total. The molecule has 26 heavy (non-hydrogen) atoms. The van der Waals surface area contributed by atoms with E-state index in [4.69, 9.17) is 15.2 Å². The SMILES string of the molecule is COc1cc(/C=C/C(N)=O)ccc1OCc1ccc(F)c(C(F)(F)F)c1. The maximum absolute atomic E-state index is 13.3. The zero-order valence-corrected chi connectivity index (χ0v) is 13.6. The van der Waals surface area contributed by atoms with E-state index in [9.17, 15) is 22.4 Å². The molecule has 0 fully saturated rings. The van der Waals surface area contributed by atoms with Crippen LogP contribution in [0.4, 0.5) is 17.6 Å². The number of hydrogen-bond donors (Lipinski definition) is 1. The molecule has 1 amide bonds. The van der Waals surface area contributed by atoms with Crippen LogP contribution in [0.2, 0.25) is 0 Å². The van der Waals surface area contributed by atoms with Crippen LogP contribution in [0, 0.1) is 5.82 Å². The van der Waals surface area contributed by atoms with Crippen molar-refractivity contribution in [3.8, 4) is 11.5 Å². The molecule has 2 rings (SSSR count). The van der Waals surface area contributed by atoms with Gasteiger partial charge in [-0.1, -0.05) is 12.1 Å². The second-order valence-corrected chi connectivity index (χ2v) is 5.25. The van der Waals surface area contributed by atoms with Gasteiger partial charge in [-0.15, -0.1) is 0 Å². The van der Waals surface area contributed by atoms with Gasteiger partial charge in [0.15, 0.2) is 11.5 Å². The molecule has 2 aromatic rings. The molecule has 0 aliphatic carbocycles. The Morgan fingerprint density at radius 2 is 1.88 bits per heavy atom. The fraction of sp³-hybridized carbons (Fsp3) is 0.167. The molecule has 2 N–H and O–H groups in total. The van der Waals surface area contributed by atoms with E-state index in [0.29, 0.717) is 17.4 Å². The summed E-state index contributed by atoms with van der Waals surface area (Å²) in [5.41, 5.74) is 4.44. The van der Waals surface area contributed by atoms with Crippen molar-refractivity contribution in [1.29, 1.82) is 0 Å². The van der Waals surface area contributed by atoms with Crippen molar-refractivity contribution in [3.05, 3.63) is 65.0 Å². The second kappa shape index (κ2) is 7.90.